The van der Waals surface area contributed by atoms with Crippen molar-refractivity contribution in [1.29, 1.82) is 0 Å². The molecule has 31 heavy (non-hydrogen) atoms. The number of aromatic nitrogens is 2. The van der Waals surface area contributed by atoms with Crippen molar-refractivity contribution in [2.75, 3.05) is 13.3 Å². The van der Waals surface area contributed by atoms with Gasteiger partial charge in [-0.2, -0.15) is 0 Å². The molecule has 1 aromatic carbocycles. The number of rotatable bonds is 5. The van der Waals surface area contributed by atoms with Gasteiger partial charge in [0, 0.05) is 32.1 Å². The number of likely N-dealkylation sites (tertiary alicyclic amines) is 2. The topological polar surface area (TPSA) is 76.9 Å². The fourth-order valence-electron chi connectivity index (χ4n) is 5.01. The summed E-state index contributed by atoms with van der Waals surface area (Å²) in [6, 6.07) is 5.87. The van der Waals surface area contributed by atoms with E-state index in [4.69, 9.17) is 9.47 Å². The van der Waals surface area contributed by atoms with Crippen molar-refractivity contribution in [3.05, 3.63) is 41.0 Å². The molecule has 8 nitrogen and oxygen atoms in total. The summed E-state index contributed by atoms with van der Waals surface area (Å²) in [4.78, 5) is 34.3. The van der Waals surface area contributed by atoms with E-state index in [1.807, 2.05) is 48.9 Å². The van der Waals surface area contributed by atoms with Crippen LogP contribution in [0, 0.1) is 13.8 Å². The Morgan fingerprint density at radius 3 is 2.77 bits per heavy atom. The van der Waals surface area contributed by atoms with Crippen LogP contribution in [0.15, 0.2) is 18.2 Å². The van der Waals surface area contributed by atoms with Crippen LogP contribution in [0.25, 0.3) is 0 Å². The van der Waals surface area contributed by atoms with Gasteiger partial charge in [0.05, 0.1) is 24.3 Å². The van der Waals surface area contributed by atoms with Crippen molar-refractivity contribution in [2.45, 2.75) is 58.2 Å². The van der Waals surface area contributed by atoms with E-state index in [9.17, 15) is 9.59 Å². The lowest BCUT2D eigenvalue weighted by atomic mass is 10.1. The van der Waals surface area contributed by atoms with E-state index in [1.165, 1.54) is 0 Å². The second-order valence-corrected chi connectivity index (χ2v) is 8.68. The fraction of sp³-hybridized carbons (Fsp3) is 0.522. The van der Waals surface area contributed by atoms with Crippen molar-refractivity contribution in [3.8, 4) is 11.5 Å². The lowest BCUT2D eigenvalue weighted by molar-refractivity contribution is -0.132. The smallest absolute Gasteiger partial charge is 0.231 e. The Kier molecular flexibility index (Phi) is 4.87. The molecule has 2 amide bonds. The zero-order valence-electron chi connectivity index (χ0n) is 18.3. The van der Waals surface area contributed by atoms with Crippen LogP contribution >= 0.6 is 0 Å². The lowest BCUT2D eigenvalue weighted by Crippen LogP contribution is -2.40. The number of benzene rings is 1. The number of carbonyl (C=O) groups excluding carboxylic acids is 2. The number of carbonyl (C=O) groups is 2. The van der Waals surface area contributed by atoms with Crippen LogP contribution in [0.3, 0.4) is 0 Å². The SMILES string of the molecule is Cc1nc(CN2C(=O)C[C@H]3[C@@H]2CCN3C(=O)CCc2ccc3c(c2)OCO3)n(C)c1C. The van der Waals surface area contributed by atoms with E-state index in [-0.39, 0.29) is 30.7 Å². The highest BCUT2D eigenvalue weighted by molar-refractivity contribution is 5.83. The summed E-state index contributed by atoms with van der Waals surface area (Å²) in [6.45, 7) is 5.48. The summed E-state index contributed by atoms with van der Waals surface area (Å²) in [7, 11) is 1.99. The average molecular weight is 425 g/mol. The molecular weight excluding hydrogens is 396 g/mol. The Balaban J connectivity index is 1.23. The van der Waals surface area contributed by atoms with Crippen LogP contribution in [0.2, 0.25) is 0 Å². The second-order valence-electron chi connectivity index (χ2n) is 8.68. The van der Waals surface area contributed by atoms with Crippen molar-refractivity contribution in [3.63, 3.8) is 0 Å². The third-order valence-electron chi connectivity index (χ3n) is 7.02. The third kappa shape index (κ3) is 3.43. The molecule has 2 atom stereocenters. The average Bonchev–Trinajstić information content (AvgIpc) is 3.50. The minimum absolute atomic E-state index is 0.0285. The van der Waals surface area contributed by atoms with Crippen LogP contribution in [0.4, 0.5) is 0 Å². The number of ether oxygens (including phenoxy) is 2. The zero-order chi connectivity index (χ0) is 21.7. The monoisotopic (exact) mass is 424 g/mol. The Morgan fingerprint density at radius 1 is 1.19 bits per heavy atom. The third-order valence-corrected chi connectivity index (χ3v) is 7.02. The molecule has 3 aliphatic rings. The number of hydrogen-bond donors (Lipinski definition) is 0. The van der Waals surface area contributed by atoms with E-state index < -0.39 is 0 Å². The summed E-state index contributed by atoms with van der Waals surface area (Å²) in [5, 5.41) is 0. The van der Waals surface area contributed by atoms with Gasteiger partial charge < -0.3 is 23.8 Å². The summed E-state index contributed by atoms with van der Waals surface area (Å²) in [5.41, 5.74) is 3.16. The number of nitrogens with zero attached hydrogens (tertiary/aromatic N) is 4. The fourth-order valence-corrected chi connectivity index (χ4v) is 5.01. The highest BCUT2D eigenvalue weighted by atomic mass is 16.7. The molecule has 8 heteroatoms. The van der Waals surface area contributed by atoms with E-state index in [0.717, 1.165) is 40.7 Å². The van der Waals surface area contributed by atoms with Gasteiger partial charge in [0.2, 0.25) is 18.6 Å². The van der Waals surface area contributed by atoms with Gasteiger partial charge in [-0.25, -0.2) is 4.98 Å². The maximum absolute atomic E-state index is 13.0. The molecule has 0 unspecified atom stereocenters. The first-order valence-electron chi connectivity index (χ1n) is 10.9. The van der Waals surface area contributed by atoms with Gasteiger partial charge in [0.15, 0.2) is 11.5 Å². The van der Waals surface area contributed by atoms with Gasteiger partial charge in [-0.3, -0.25) is 9.59 Å². The largest absolute Gasteiger partial charge is 0.454 e. The molecule has 0 saturated carbocycles. The van der Waals surface area contributed by atoms with Gasteiger partial charge in [0.1, 0.15) is 5.82 Å². The van der Waals surface area contributed by atoms with Crippen LogP contribution in [-0.2, 0) is 29.6 Å². The van der Waals surface area contributed by atoms with Crippen molar-refractivity contribution >= 4 is 11.8 Å². The quantitative estimate of drug-likeness (QED) is 0.735. The maximum atomic E-state index is 13.0. The summed E-state index contributed by atoms with van der Waals surface area (Å²) < 4.78 is 12.8. The van der Waals surface area contributed by atoms with Gasteiger partial charge in [0.25, 0.3) is 0 Å². The molecule has 4 heterocycles. The number of fused-ring (bicyclic) bond motifs is 2. The zero-order valence-corrected chi connectivity index (χ0v) is 18.3. The molecular formula is C23H28N4O4. The first-order chi connectivity index (χ1) is 14.9. The minimum atomic E-state index is -0.0285. The van der Waals surface area contributed by atoms with Crippen LogP contribution in [-0.4, -0.2) is 56.6 Å². The van der Waals surface area contributed by atoms with Crippen molar-refractivity contribution < 1.29 is 19.1 Å². The normalized spacial score (nSPS) is 21.8. The lowest BCUT2D eigenvalue weighted by Gasteiger charge is -2.25. The Hall–Kier alpha value is -3.03. The minimum Gasteiger partial charge on any atom is -0.454 e. The highest BCUT2D eigenvalue weighted by Gasteiger charge is 2.48. The molecule has 0 N–H and O–H groups in total. The molecule has 5 rings (SSSR count). The summed E-state index contributed by atoms with van der Waals surface area (Å²) >= 11 is 0. The van der Waals surface area contributed by atoms with Crippen LogP contribution < -0.4 is 9.47 Å². The molecule has 1 aromatic heterocycles. The van der Waals surface area contributed by atoms with Crippen molar-refractivity contribution in [1.82, 2.24) is 19.4 Å². The van der Waals surface area contributed by atoms with E-state index >= 15 is 0 Å². The molecule has 3 aliphatic heterocycles. The predicted molar refractivity (Wildman–Crippen MR) is 113 cm³/mol. The first kappa shape index (κ1) is 19.9. The number of imidazole rings is 1. The predicted octanol–water partition coefficient (Wildman–Crippen LogP) is 2.10. The summed E-state index contributed by atoms with van der Waals surface area (Å²) in [6.07, 6.45) is 2.30. The Bertz CT molecular complexity index is 1050. The van der Waals surface area contributed by atoms with Gasteiger partial charge in [-0.15, -0.1) is 0 Å². The number of hydrogen-bond acceptors (Lipinski definition) is 5. The molecule has 164 valence electrons. The molecule has 2 saturated heterocycles. The molecule has 0 radical (unpaired) electrons. The Morgan fingerprint density at radius 2 is 2.00 bits per heavy atom. The second kappa shape index (κ2) is 7.59. The molecule has 0 bridgehead atoms. The molecule has 2 aromatic rings. The number of amides is 2. The van der Waals surface area contributed by atoms with Gasteiger partial charge in [-0.05, 0) is 44.4 Å². The maximum Gasteiger partial charge on any atom is 0.231 e. The van der Waals surface area contributed by atoms with Gasteiger partial charge in [-0.1, -0.05) is 6.07 Å². The van der Waals surface area contributed by atoms with Crippen LogP contribution in [0.5, 0.6) is 11.5 Å². The van der Waals surface area contributed by atoms with E-state index in [2.05, 4.69) is 9.55 Å². The number of aryl methyl sites for hydroxylation is 2. The van der Waals surface area contributed by atoms with Crippen molar-refractivity contribution in [2.24, 2.45) is 7.05 Å². The standard InChI is InChI=1S/C23H28N4O4/c1-14-15(2)25(3)21(24-14)12-27-17-8-9-26(18(17)11-23(27)29)22(28)7-5-16-4-6-19-20(10-16)31-13-30-19/h4,6,10,17-18H,5,7-9,11-13H2,1-3H3/t17-,18-/m0/s1. The molecule has 0 aliphatic carbocycles. The molecule has 0 spiro atoms. The highest BCUT2D eigenvalue weighted by Crippen LogP contribution is 2.35. The van der Waals surface area contributed by atoms with Crippen LogP contribution in [0.1, 0.15) is 42.0 Å². The van der Waals surface area contributed by atoms with Gasteiger partial charge >= 0.3 is 0 Å². The van der Waals surface area contributed by atoms with E-state index in [0.29, 0.717) is 32.4 Å². The molecule has 2 fully saturated rings. The first-order valence-corrected chi connectivity index (χ1v) is 10.9. The summed E-state index contributed by atoms with van der Waals surface area (Å²) in [5.74, 6) is 2.62. The Labute approximate surface area is 181 Å². The van der Waals surface area contributed by atoms with E-state index in [1.54, 1.807) is 0 Å².